The zero-order valence-corrected chi connectivity index (χ0v) is 18.6. The van der Waals surface area contributed by atoms with Crippen molar-refractivity contribution in [3.05, 3.63) is 47.4 Å². The monoisotopic (exact) mass is 482 g/mol. The summed E-state index contributed by atoms with van der Waals surface area (Å²) < 4.78 is 77.5. The molecule has 3 aromatic rings. The molecule has 33 heavy (non-hydrogen) atoms. The molecule has 12 heteroatoms. The number of nitrogens with zero attached hydrogens (tertiary/aromatic N) is 2. The van der Waals surface area contributed by atoms with Gasteiger partial charge in [0.2, 0.25) is 10.0 Å². The normalized spacial score (nSPS) is 17.3. The van der Waals surface area contributed by atoms with Crippen molar-refractivity contribution >= 4 is 32.6 Å². The standard InChI is InChI=1S/C21H21F3N4O4S/c1-28-9-3-4-11(10-28)33(30,31)27-15-8-7-14(22)16(18(15)24)12-5-6-13-19(17(12)23)25-26-20(13)21(29)32-2/h5-8,11,27H,3-4,9-10H2,1-2H3,(H,25,26). The van der Waals surface area contributed by atoms with Gasteiger partial charge in [0.05, 0.1) is 23.6 Å². The molecule has 0 amide bonds. The number of carbonyl (C=O) groups is 1. The Kier molecular flexibility index (Phi) is 6.06. The molecule has 0 aliphatic carbocycles. The summed E-state index contributed by atoms with van der Waals surface area (Å²) in [5, 5.41) is 5.37. The van der Waals surface area contributed by atoms with E-state index in [1.54, 1.807) is 7.05 Å². The highest BCUT2D eigenvalue weighted by atomic mass is 32.2. The first-order valence-electron chi connectivity index (χ1n) is 10.1. The van der Waals surface area contributed by atoms with Gasteiger partial charge < -0.3 is 9.64 Å². The number of H-pyrrole nitrogens is 1. The summed E-state index contributed by atoms with van der Waals surface area (Å²) in [5.74, 6) is -4.21. The van der Waals surface area contributed by atoms with E-state index in [-0.39, 0.29) is 23.1 Å². The fourth-order valence-corrected chi connectivity index (χ4v) is 5.54. The highest BCUT2D eigenvalue weighted by molar-refractivity contribution is 7.93. The number of methoxy groups -OCH3 is 1. The zero-order chi connectivity index (χ0) is 23.9. The molecule has 2 heterocycles. The number of benzene rings is 2. The van der Waals surface area contributed by atoms with Crippen LogP contribution in [0.5, 0.6) is 0 Å². The zero-order valence-electron chi connectivity index (χ0n) is 17.8. The van der Waals surface area contributed by atoms with E-state index in [4.69, 9.17) is 0 Å². The fraction of sp³-hybridized carbons (Fsp3) is 0.333. The number of esters is 1. The van der Waals surface area contributed by atoms with Crippen LogP contribution in [0.25, 0.3) is 22.0 Å². The van der Waals surface area contributed by atoms with E-state index in [0.717, 1.165) is 31.9 Å². The van der Waals surface area contributed by atoms with E-state index < -0.39 is 55.5 Å². The average Bonchev–Trinajstić information content (AvgIpc) is 3.22. The molecule has 1 aromatic heterocycles. The lowest BCUT2D eigenvalue weighted by molar-refractivity contribution is 0.0596. The molecule has 1 unspecified atom stereocenters. The predicted octanol–water partition coefficient (Wildman–Crippen LogP) is 3.27. The van der Waals surface area contributed by atoms with Gasteiger partial charge in [-0.1, -0.05) is 6.07 Å². The Hall–Kier alpha value is -3.12. The van der Waals surface area contributed by atoms with Crippen LogP contribution in [-0.4, -0.2) is 62.0 Å². The lowest BCUT2D eigenvalue weighted by Crippen LogP contribution is -2.42. The topological polar surface area (TPSA) is 104 Å². The number of aromatic amines is 1. The number of hydrogen-bond donors (Lipinski definition) is 2. The molecule has 0 spiro atoms. The SMILES string of the molecule is COC(=O)c1[nH]nc2c(F)c(-c3c(F)ccc(NS(=O)(=O)C4CCCN(C)C4)c3F)ccc12. The number of nitrogens with one attached hydrogen (secondary N) is 2. The Balaban J connectivity index is 1.75. The third-order valence-corrected chi connectivity index (χ3v) is 7.45. The van der Waals surface area contributed by atoms with Gasteiger partial charge in [0.25, 0.3) is 0 Å². The first kappa shape index (κ1) is 23.1. The van der Waals surface area contributed by atoms with E-state index in [0.29, 0.717) is 12.8 Å². The Labute approximate surface area is 187 Å². The van der Waals surface area contributed by atoms with Crippen LogP contribution in [-0.2, 0) is 14.8 Å². The highest BCUT2D eigenvalue weighted by Gasteiger charge is 2.31. The van der Waals surface area contributed by atoms with Crippen LogP contribution < -0.4 is 4.72 Å². The van der Waals surface area contributed by atoms with Gasteiger partial charge >= 0.3 is 5.97 Å². The molecule has 2 N–H and O–H groups in total. The summed E-state index contributed by atoms with van der Waals surface area (Å²) in [6, 6.07) is 4.18. The second-order valence-electron chi connectivity index (χ2n) is 7.87. The van der Waals surface area contributed by atoms with Crippen molar-refractivity contribution in [2.24, 2.45) is 0 Å². The summed E-state index contributed by atoms with van der Waals surface area (Å²) in [6.45, 7) is 1.03. The minimum Gasteiger partial charge on any atom is -0.464 e. The molecular formula is C21H21F3N4O4S. The summed E-state index contributed by atoms with van der Waals surface area (Å²) in [4.78, 5) is 13.6. The number of fused-ring (bicyclic) bond motifs is 1. The van der Waals surface area contributed by atoms with Crippen molar-refractivity contribution in [1.82, 2.24) is 15.1 Å². The maximum Gasteiger partial charge on any atom is 0.356 e. The van der Waals surface area contributed by atoms with Gasteiger partial charge in [-0.2, -0.15) is 5.10 Å². The summed E-state index contributed by atoms with van der Waals surface area (Å²) in [5.41, 5.74) is -2.14. The van der Waals surface area contributed by atoms with Crippen LogP contribution in [0, 0.1) is 17.5 Å². The lowest BCUT2D eigenvalue weighted by atomic mass is 10.0. The molecule has 4 rings (SSSR count). The number of aromatic nitrogens is 2. The van der Waals surface area contributed by atoms with Gasteiger partial charge in [-0.3, -0.25) is 9.82 Å². The van der Waals surface area contributed by atoms with Gasteiger partial charge in [0.1, 0.15) is 11.3 Å². The fourth-order valence-electron chi connectivity index (χ4n) is 3.99. The quantitative estimate of drug-likeness (QED) is 0.541. The molecule has 2 aromatic carbocycles. The number of hydrogen-bond acceptors (Lipinski definition) is 6. The Morgan fingerprint density at radius 1 is 1.21 bits per heavy atom. The molecule has 176 valence electrons. The number of anilines is 1. The lowest BCUT2D eigenvalue weighted by Gasteiger charge is -2.29. The number of halogens is 3. The molecule has 0 radical (unpaired) electrons. The molecule has 1 aliphatic heterocycles. The largest absolute Gasteiger partial charge is 0.464 e. The molecule has 1 aliphatic rings. The van der Waals surface area contributed by atoms with Crippen LogP contribution in [0.1, 0.15) is 23.3 Å². The van der Waals surface area contributed by atoms with Crippen LogP contribution in [0.2, 0.25) is 0 Å². The van der Waals surface area contributed by atoms with Crippen LogP contribution in [0.3, 0.4) is 0 Å². The Morgan fingerprint density at radius 3 is 2.67 bits per heavy atom. The molecule has 0 bridgehead atoms. The third-order valence-electron chi connectivity index (χ3n) is 5.69. The highest BCUT2D eigenvalue weighted by Crippen LogP contribution is 2.36. The second kappa shape index (κ2) is 8.67. The van der Waals surface area contributed by atoms with Gasteiger partial charge in [-0.05, 0) is 44.6 Å². The number of rotatable bonds is 5. The first-order valence-corrected chi connectivity index (χ1v) is 11.6. The number of sulfonamides is 1. The van der Waals surface area contributed by atoms with Crippen molar-refractivity contribution in [2.75, 3.05) is 32.0 Å². The Bertz CT molecular complexity index is 1340. The number of likely N-dealkylation sites (tertiary alicyclic amines) is 1. The molecule has 1 saturated heterocycles. The van der Waals surface area contributed by atoms with Crippen molar-refractivity contribution < 1.29 is 31.1 Å². The van der Waals surface area contributed by atoms with Crippen molar-refractivity contribution in [2.45, 2.75) is 18.1 Å². The van der Waals surface area contributed by atoms with Crippen LogP contribution in [0.15, 0.2) is 24.3 Å². The Morgan fingerprint density at radius 2 is 1.97 bits per heavy atom. The number of piperidine rings is 1. The van der Waals surface area contributed by atoms with E-state index in [1.807, 2.05) is 4.90 Å². The van der Waals surface area contributed by atoms with Crippen LogP contribution >= 0.6 is 0 Å². The molecule has 1 atom stereocenters. The van der Waals surface area contributed by atoms with Gasteiger partial charge in [-0.25, -0.2) is 26.4 Å². The van der Waals surface area contributed by atoms with Crippen molar-refractivity contribution in [3.8, 4) is 11.1 Å². The third kappa shape index (κ3) is 4.15. The first-order chi connectivity index (χ1) is 15.6. The van der Waals surface area contributed by atoms with E-state index >= 15 is 8.78 Å². The van der Waals surface area contributed by atoms with E-state index in [2.05, 4.69) is 19.7 Å². The van der Waals surface area contributed by atoms with Gasteiger partial charge in [0.15, 0.2) is 17.3 Å². The van der Waals surface area contributed by atoms with E-state index in [1.165, 1.54) is 6.07 Å². The smallest absolute Gasteiger partial charge is 0.356 e. The van der Waals surface area contributed by atoms with Gasteiger partial charge in [-0.15, -0.1) is 0 Å². The molecule has 0 saturated carbocycles. The molecule has 8 nitrogen and oxygen atoms in total. The van der Waals surface area contributed by atoms with Crippen molar-refractivity contribution in [3.63, 3.8) is 0 Å². The summed E-state index contributed by atoms with van der Waals surface area (Å²) in [7, 11) is -1.04. The summed E-state index contributed by atoms with van der Waals surface area (Å²) >= 11 is 0. The average molecular weight is 482 g/mol. The molecule has 1 fully saturated rings. The van der Waals surface area contributed by atoms with Crippen molar-refractivity contribution in [1.29, 1.82) is 0 Å². The maximum absolute atomic E-state index is 15.3. The predicted molar refractivity (Wildman–Crippen MR) is 116 cm³/mol. The maximum atomic E-state index is 15.3. The number of ether oxygens (including phenoxy) is 1. The second-order valence-corrected chi connectivity index (χ2v) is 9.83. The van der Waals surface area contributed by atoms with Crippen LogP contribution in [0.4, 0.5) is 18.9 Å². The minimum atomic E-state index is -3.97. The number of carbonyl (C=O) groups excluding carboxylic acids is 1. The van der Waals surface area contributed by atoms with E-state index in [9.17, 15) is 17.6 Å². The minimum absolute atomic E-state index is 0.0715. The van der Waals surface area contributed by atoms with Gasteiger partial charge in [0, 0.05) is 17.5 Å². The molecular weight excluding hydrogens is 461 g/mol. The summed E-state index contributed by atoms with van der Waals surface area (Å²) in [6.07, 6.45) is 1.07.